The van der Waals surface area contributed by atoms with Gasteiger partial charge in [0.2, 0.25) is 0 Å². The van der Waals surface area contributed by atoms with Gasteiger partial charge in [-0.1, -0.05) is 127 Å². The van der Waals surface area contributed by atoms with Crippen molar-refractivity contribution in [1.29, 1.82) is 0 Å². The van der Waals surface area contributed by atoms with E-state index in [0.29, 0.717) is 6.54 Å². The number of carbonyl (C=O) groups is 1. The molecule has 0 aliphatic heterocycles. The Balaban J connectivity index is 1.68. The van der Waals surface area contributed by atoms with Crippen molar-refractivity contribution < 1.29 is 9.53 Å². The topological polar surface area (TPSA) is 43.3 Å². The van der Waals surface area contributed by atoms with Crippen LogP contribution in [0.5, 0.6) is 0 Å². The minimum absolute atomic E-state index is 0.330. The van der Waals surface area contributed by atoms with Crippen molar-refractivity contribution in [1.82, 2.24) is 4.57 Å². The maximum atomic E-state index is 14.6. The molecule has 1 heterocycles. The second-order valence-electron chi connectivity index (χ2n) is 10.2. The van der Waals surface area contributed by atoms with E-state index in [2.05, 4.69) is 64.6 Å². The number of carbonyl (C=O) groups excluding carboxylic acids is 1. The summed E-state index contributed by atoms with van der Waals surface area (Å²) in [5.74, 6) is -0.330. The van der Waals surface area contributed by atoms with Gasteiger partial charge in [0.05, 0.1) is 13.2 Å². The summed E-state index contributed by atoms with van der Waals surface area (Å²) in [7, 11) is 1.48. The third kappa shape index (κ3) is 4.89. The molecule has 2 atom stereocenters. The Kier molecular flexibility index (Phi) is 7.38. The third-order valence-electron chi connectivity index (χ3n) is 7.80. The van der Waals surface area contributed by atoms with Crippen LogP contribution in [0.1, 0.15) is 28.3 Å². The Morgan fingerprint density at radius 1 is 0.732 bits per heavy atom. The molecule has 4 nitrogen and oxygen atoms in total. The lowest BCUT2D eigenvalue weighted by molar-refractivity contribution is -0.146. The highest BCUT2D eigenvalue weighted by atomic mass is 16.5. The van der Waals surface area contributed by atoms with Gasteiger partial charge in [0.25, 0.3) is 0 Å². The van der Waals surface area contributed by atoms with Gasteiger partial charge in [0, 0.05) is 34.9 Å². The van der Waals surface area contributed by atoms with E-state index in [1.165, 1.54) is 12.7 Å². The first kappa shape index (κ1) is 26.1. The Hall–Kier alpha value is -5.09. The molecule has 41 heavy (non-hydrogen) atoms. The van der Waals surface area contributed by atoms with Crippen molar-refractivity contribution in [2.75, 3.05) is 12.4 Å². The predicted octanol–water partition coefficient (Wildman–Crippen LogP) is 8.00. The second-order valence-corrected chi connectivity index (χ2v) is 10.2. The number of esters is 1. The number of ether oxygens (including phenoxy) is 1. The van der Waals surface area contributed by atoms with E-state index in [1.54, 1.807) is 0 Å². The average Bonchev–Trinajstić information content (AvgIpc) is 3.41. The number of fused-ring (bicyclic) bond motifs is 1. The normalized spacial score (nSPS) is 13.3. The van der Waals surface area contributed by atoms with E-state index >= 15 is 0 Å². The van der Waals surface area contributed by atoms with Crippen molar-refractivity contribution in [3.8, 4) is 0 Å². The van der Waals surface area contributed by atoms with Crippen LogP contribution in [0.25, 0.3) is 10.9 Å². The number of aromatic nitrogens is 1. The molecule has 0 unspecified atom stereocenters. The lowest BCUT2D eigenvalue weighted by Gasteiger charge is -2.40. The van der Waals surface area contributed by atoms with Gasteiger partial charge in [0.1, 0.15) is 5.41 Å². The monoisotopic (exact) mass is 536 g/mol. The molecule has 0 amide bonds. The van der Waals surface area contributed by atoms with Crippen LogP contribution >= 0.6 is 0 Å². The molecule has 0 bridgehead atoms. The number of hydrogen-bond acceptors (Lipinski definition) is 3. The zero-order valence-corrected chi connectivity index (χ0v) is 23.0. The lowest BCUT2D eigenvalue weighted by atomic mass is 9.66. The van der Waals surface area contributed by atoms with Gasteiger partial charge in [-0.25, -0.2) is 0 Å². The van der Waals surface area contributed by atoms with Crippen molar-refractivity contribution in [2.24, 2.45) is 0 Å². The van der Waals surface area contributed by atoms with Crippen LogP contribution in [-0.2, 0) is 21.5 Å². The summed E-state index contributed by atoms with van der Waals surface area (Å²) in [5.41, 5.74) is 4.65. The number of nitrogens with zero attached hydrogens (tertiary/aromatic N) is 1. The molecule has 0 radical (unpaired) electrons. The van der Waals surface area contributed by atoms with Gasteiger partial charge in [0.15, 0.2) is 0 Å². The Bertz CT molecular complexity index is 1730. The highest BCUT2D eigenvalue weighted by Crippen LogP contribution is 2.49. The Labute approximate surface area is 240 Å². The summed E-state index contributed by atoms with van der Waals surface area (Å²) < 4.78 is 7.99. The van der Waals surface area contributed by atoms with Crippen molar-refractivity contribution in [3.63, 3.8) is 0 Å². The highest BCUT2D eigenvalue weighted by molar-refractivity contribution is 5.97. The zero-order valence-electron chi connectivity index (χ0n) is 23.0. The molecule has 0 spiro atoms. The molecule has 5 aromatic carbocycles. The summed E-state index contributed by atoms with van der Waals surface area (Å²) in [6.07, 6.45) is 2.14. The number of benzene rings is 5. The predicted molar refractivity (Wildman–Crippen MR) is 166 cm³/mol. The van der Waals surface area contributed by atoms with Crippen LogP contribution in [0, 0.1) is 0 Å². The third-order valence-corrected chi connectivity index (χ3v) is 7.80. The maximum absolute atomic E-state index is 14.6. The Morgan fingerprint density at radius 2 is 1.29 bits per heavy atom. The first-order valence-electron chi connectivity index (χ1n) is 13.8. The number of anilines is 1. The number of para-hydroxylation sites is 2. The van der Waals surface area contributed by atoms with Gasteiger partial charge >= 0.3 is 5.97 Å². The van der Waals surface area contributed by atoms with Crippen LogP contribution < -0.4 is 5.32 Å². The zero-order chi connectivity index (χ0) is 28.1. The summed E-state index contributed by atoms with van der Waals surface area (Å²) in [5, 5.41) is 4.77. The van der Waals surface area contributed by atoms with E-state index in [0.717, 1.165) is 33.3 Å². The van der Waals surface area contributed by atoms with Gasteiger partial charge in [-0.2, -0.15) is 0 Å². The molecule has 0 saturated carbocycles. The van der Waals surface area contributed by atoms with Crippen molar-refractivity contribution >= 4 is 22.6 Å². The van der Waals surface area contributed by atoms with E-state index < -0.39 is 11.5 Å². The van der Waals surface area contributed by atoms with Crippen LogP contribution in [0.4, 0.5) is 5.69 Å². The summed E-state index contributed by atoms with van der Waals surface area (Å²) in [6, 6.07) is 48.5. The van der Waals surface area contributed by atoms with Crippen molar-refractivity contribution in [3.05, 3.63) is 174 Å². The summed E-state index contributed by atoms with van der Waals surface area (Å²) in [6.45, 7) is 0.676. The summed E-state index contributed by atoms with van der Waals surface area (Å²) >= 11 is 0. The molecule has 202 valence electrons. The van der Waals surface area contributed by atoms with Crippen LogP contribution in [0.3, 0.4) is 0 Å². The molecule has 1 aromatic heterocycles. The average molecular weight is 537 g/mol. The minimum Gasteiger partial charge on any atom is -0.468 e. The fraction of sp³-hybridized carbons (Fsp3) is 0.108. The molecular weight excluding hydrogens is 504 g/mol. The molecule has 4 heteroatoms. The Morgan fingerprint density at radius 3 is 1.95 bits per heavy atom. The standard InChI is InChI=1S/C37H32N2O2/c1-41-36(40)37(30-20-10-4-11-21-30,35(29-18-8-3-9-19-29)38-31-22-12-5-13-23-31)33-27-39(26-28-16-6-2-7-17-28)34-25-15-14-24-32(33)34/h2-25,27,35,38H,26H2,1H3/t35-,37-/m1/s1. The largest absolute Gasteiger partial charge is 0.468 e. The maximum Gasteiger partial charge on any atom is 0.323 e. The van der Waals surface area contributed by atoms with Crippen molar-refractivity contribution in [2.45, 2.75) is 18.0 Å². The molecule has 0 saturated heterocycles. The first-order chi connectivity index (χ1) is 20.2. The number of hydrogen-bond donors (Lipinski definition) is 1. The SMILES string of the molecule is COC(=O)[C@](c1ccccc1)(c1cn(Cc2ccccc2)c2ccccc12)[C@H](Nc1ccccc1)c1ccccc1. The second kappa shape index (κ2) is 11.6. The summed E-state index contributed by atoms with van der Waals surface area (Å²) in [4.78, 5) is 14.6. The molecule has 0 aliphatic rings. The molecule has 6 rings (SSSR count). The van der Waals surface area contributed by atoms with E-state index in [-0.39, 0.29) is 5.97 Å². The van der Waals surface area contributed by atoms with Gasteiger partial charge in [-0.15, -0.1) is 0 Å². The first-order valence-corrected chi connectivity index (χ1v) is 13.8. The molecule has 6 aromatic rings. The number of rotatable bonds is 9. The van der Waals surface area contributed by atoms with Crippen LogP contribution in [0.15, 0.2) is 152 Å². The number of methoxy groups -OCH3 is 1. The van der Waals surface area contributed by atoms with E-state index in [4.69, 9.17) is 4.74 Å². The fourth-order valence-electron chi connectivity index (χ4n) is 5.95. The van der Waals surface area contributed by atoms with Gasteiger partial charge in [-0.3, -0.25) is 4.79 Å². The molecule has 1 N–H and O–H groups in total. The van der Waals surface area contributed by atoms with Gasteiger partial charge < -0.3 is 14.6 Å². The molecule has 0 aliphatic carbocycles. The van der Waals surface area contributed by atoms with E-state index in [9.17, 15) is 4.79 Å². The molecule has 0 fully saturated rings. The minimum atomic E-state index is -1.23. The number of nitrogens with one attached hydrogen (secondary N) is 1. The highest BCUT2D eigenvalue weighted by Gasteiger charge is 2.52. The van der Waals surface area contributed by atoms with Crippen LogP contribution in [-0.4, -0.2) is 17.6 Å². The molecular formula is C37H32N2O2. The smallest absolute Gasteiger partial charge is 0.323 e. The van der Waals surface area contributed by atoms with Crippen LogP contribution in [0.2, 0.25) is 0 Å². The van der Waals surface area contributed by atoms with E-state index in [1.807, 2.05) is 97.1 Å². The lowest BCUT2D eigenvalue weighted by Crippen LogP contribution is -2.46. The quantitative estimate of drug-likeness (QED) is 0.190. The fourth-order valence-corrected chi connectivity index (χ4v) is 5.95. The van der Waals surface area contributed by atoms with Gasteiger partial charge in [-0.05, 0) is 34.9 Å².